The molecule has 1 aliphatic rings. The summed E-state index contributed by atoms with van der Waals surface area (Å²) in [5.41, 5.74) is 3.00. The standard InChI is InChI=1S/C21H21N3O3S/c1-13-22-21(25)19(28-13)10-14-4-6-15(7-5-14)27-12-20-23-17-9-8-16(26-3)11-18(17)24(20)2/h4-9,11,19H,1,10,12H2,2-3H3,(H,22,25). The van der Waals surface area contributed by atoms with Crippen LogP contribution < -0.4 is 14.8 Å². The van der Waals surface area contributed by atoms with Crippen LogP contribution in [0, 0.1) is 0 Å². The Morgan fingerprint density at radius 1 is 1.21 bits per heavy atom. The third-order valence-corrected chi connectivity index (χ3v) is 5.78. The molecule has 1 unspecified atom stereocenters. The second-order valence-corrected chi connectivity index (χ2v) is 7.89. The Bertz CT molecular complexity index is 1040. The molecule has 28 heavy (non-hydrogen) atoms. The van der Waals surface area contributed by atoms with Gasteiger partial charge in [0.05, 0.1) is 28.4 Å². The zero-order valence-corrected chi connectivity index (χ0v) is 16.6. The van der Waals surface area contributed by atoms with Crippen molar-refractivity contribution in [3.63, 3.8) is 0 Å². The largest absolute Gasteiger partial charge is 0.497 e. The summed E-state index contributed by atoms with van der Waals surface area (Å²) in [7, 11) is 3.62. The van der Waals surface area contributed by atoms with Crippen molar-refractivity contribution in [1.82, 2.24) is 14.9 Å². The lowest BCUT2D eigenvalue weighted by atomic mass is 10.1. The molecule has 0 aliphatic carbocycles. The predicted molar refractivity (Wildman–Crippen MR) is 110 cm³/mol. The number of nitrogens with zero attached hydrogens (tertiary/aromatic N) is 2. The molecular weight excluding hydrogens is 374 g/mol. The maximum absolute atomic E-state index is 11.8. The first kappa shape index (κ1) is 18.4. The highest BCUT2D eigenvalue weighted by atomic mass is 32.2. The van der Waals surface area contributed by atoms with Crippen LogP contribution in [0.4, 0.5) is 0 Å². The molecular formula is C21H21N3O3S. The van der Waals surface area contributed by atoms with Crippen molar-refractivity contribution in [2.75, 3.05) is 7.11 Å². The van der Waals surface area contributed by atoms with Crippen LogP contribution in [-0.2, 0) is 24.9 Å². The number of methoxy groups -OCH3 is 1. The van der Waals surface area contributed by atoms with Gasteiger partial charge in [-0.05, 0) is 36.2 Å². The van der Waals surface area contributed by atoms with E-state index in [1.54, 1.807) is 7.11 Å². The van der Waals surface area contributed by atoms with E-state index >= 15 is 0 Å². The van der Waals surface area contributed by atoms with Crippen molar-refractivity contribution in [3.05, 3.63) is 65.5 Å². The van der Waals surface area contributed by atoms with Gasteiger partial charge in [0, 0.05) is 13.1 Å². The molecule has 1 amide bonds. The molecule has 3 aromatic rings. The number of hydrogen-bond donors (Lipinski definition) is 1. The van der Waals surface area contributed by atoms with E-state index in [4.69, 9.17) is 9.47 Å². The van der Waals surface area contributed by atoms with Crippen LogP contribution in [0.25, 0.3) is 11.0 Å². The van der Waals surface area contributed by atoms with Crippen LogP contribution in [0.2, 0.25) is 0 Å². The number of aryl methyl sites for hydroxylation is 1. The summed E-state index contributed by atoms with van der Waals surface area (Å²) in [6.45, 7) is 4.16. The van der Waals surface area contributed by atoms with Gasteiger partial charge in [-0.1, -0.05) is 30.5 Å². The van der Waals surface area contributed by atoms with Gasteiger partial charge in [-0.3, -0.25) is 4.79 Å². The Hall–Kier alpha value is -2.93. The number of aromatic nitrogens is 2. The van der Waals surface area contributed by atoms with Crippen LogP contribution in [0.15, 0.2) is 54.1 Å². The maximum Gasteiger partial charge on any atom is 0.238 e. The van der Waals surface area contributed by atoms with E-state index in [-0.39, 0.29) is 11.2 Å². The molecule has 0 spiro atoms. The maximum atomic E-state index is 11.8. The fourth-order valence-electron chi connectivity index (χ4n) is 3.17. The Balaban J connectivity index is 1.41. The number of rotatable bonds is 6. The number of amides is 1. The van der Waals surface area contributed by atoms with Gasteiger partial charge in [0.1, 0.15) is 23.9 Å². The molecule has 1 aromatic heterocycles. The molecule has 7 heteroatoms. The van der Waals surface area contributed by atoms with Gasteiger partial charge in [-0.15, -0.1) is 0 Å². The third-order valence-electron chi connectivity index (χ3n) is 4.73. The fourth-order valence-corrected chi connectivity index (χ4v) is 4.11. The summed E-state index contributed by atoms with van der Waals surface area (Å²) in [5.74, 6) is 2.43. The molecule has 2 heterocycles. The van der Waals surface area contributed by atoms with Gasteiger partial charge in [-0.25, -0.2) is 4.98 Å². The lowest BCUT2D eigenvalue weighted by Crippen LogP contribution is -2.23. The molecule has 1 saturated heterocycles. The zero-order valence-electron chi connectivity index (χ0n) is 15.8. The number of hydrogen-bond acceptors (Lipinski definition) is 5. The highest BCUT2D eigenvalue weighted by Crippen LogP contribution is 2.28. The van der Waals surface area contributed by atoms with Crippen LogP contribution in [0.3, 0.4) is 0 Å². The lowest BCUT2D eigenvalue weighted by molar-refractivity contribution is -0.119. The zero-order chi connectivity index (χ0) is 19.7. The normalized spacial score (nSPS) is 16.4. The molecule has 2 aromatic carbocycles. The Morgan fingerprint density at radius 3 is 2.64 bits per heavy atom. The van der Waals surface area contributed by atoms with Crippen molar-refractivity contribution in [1.29, 1.82) is 0 Å². The average molecular weight is 395 g/mol. The Morgan fingerprint density at radius 2 is 1.96 bits per heavy atom. The van der Waals surface area contributed by atoms with E-state index in [1.165, 1.54) is 11.8 Å². The van der Waals surface area contributed by atoms with Crippen molar-refractivity contribution >= 4 is 28.7 Å². The van der Waals surface area contributed by atoms with E-state index in [0.29, 0.717) is 13.0 Å². The number of carbonyl (C=O) groups is 1. The minimum atomic E-state index is -0.115. The smallest absolute Gasteiger partial charge is 0.238 e. The summed E-state index contributed by atoms with van der Waals surface area (Å²) < 4.78 is 13.2. The molecule has 6 nitrogen and oxygen atoms in total. The number of nitrogens with one attached hydrogen (secondary N) is 1. The van der Waals surface area contributed by atoms with Crippen molar-refractivity contribution in [2.45, 2.75) is 18.3 Å². The topological polar surface area (TPSA) is 65.4 Å². The van der Waals surface area contributed by atoms with Crippen molar-refractivity contribution in [2.24, 2.45) is 7.05 Å². The molecule has 0 bridgehead atoms. The second-order valence-electron chi connectivity index (χ2n) is 6.60. The molecule has 0 radical (unpaired) electrons. The molecule has 1 fully saturated rings. The summed E-state index contributed by atoms with van der Waals surface area (Å²) in [6.07, 6.45) is 0.669. The molecule has 1 N–H and O–H groups in total. The predicted octanol–water partition coefficient (Wildman–Crippen LogP) is 3.41. The van der Waals surface area contributed by atoms with E-state index in [9.17, 15) is 4.79 Å². The van der Waals surface area contributed by atoms with Crippen molar-refractivity contribution in [3.8, 4) is 11.5 Å². The Kier molecular flexibility index (Phi) is 5.00. The van der Waals surface area contributed by atoms with Gasteiger partial charge < -0.3 is 19.4 Å². The number of carbonyl (C=O) groups excluding carboxylic acids is 1. The van der Waals surface area contributed by atoms with E-state index in [0.717, 1.165) is 38.9 Å². The number of benzene rings is 2. The number of ether oxygens (including phenoxy) is 2. The molecule has 144 valence electrons. The first-order chi connectivity index (χ1) is 13.5. The Labute approximate surface area is 167 Å². The lowest BCUT2D eigenvalue weighted by Gasteiger charge is -2.09. The van der Waals surface area contributed by atoms with Crippen LogP contribution >= 0.6 is 11.8 Å². The first-order valence-electron chi connectivity index (χ1n) is 8.91. The highest BCUT2D eigenvalue weighted by molar-refractivity contribution is 8.04. The molecule has 0 saturated carbocycles. The monoisotopic (exact) mass is 395 g/mol. The SMILES string of the molecule is C=C1NC(=O)C(Cc2ccc(OCc3nc4ccc(OC)cc4n3C)cc2)S1. The van der Waals surface area contributed by atoms with Gasteiger partial charge in [-0.2, -0.15) is 0 Å². The quantitative estimate of drug-likeness (QED) is 0.693. The van der Waals surface area contributed by atoms with E-state index in [1.807, 2.05) is 54.1 Å². The summed E-state index contributed by atoms with van der Waals surface area (Å²) >= 11 is 1.48. The molecule has 1 atom stereocenters. The van der Waals surface area contributed by atoms with Gasteiger partial charge in [0.15, 0.2) is 0 Å². The van der Waals surface area contributed by atoms with E-state index in [2.05, 4.69) is 16.9 Å². The summed E-state index contributed by atoms with van der Waals surface area (Å²) in [4.78, 5) is 16.5. The highest BCUT2D eigenvalue weighted by Gasteiger charge is 2.27. The second kappa shape index (κ2) is 7.59. The van der Waals surface area contributed by atoms with E-state index < -0.39 is 0 Å². The fraction of sp³-hybridized carbons (Fsp3) is 0.238. The van der Waals surface area contributed by atoms with Crippen LogP contribution in [-0.4, -0.2) is 27.8 Å². The van der Waals surface area contributed by atoms with Gasteiger partial charge in [0.25, 0.3) is 0 Å². The first-order valence-corrected chi connectivity index (χ1v) is 9.79. The summed E-state index contributed by atoms with van der Waals surface area (Å²) in [6, 6.07) is 13.6. The minimum absolute atomic E-state index is 0.0220. The summed E-state index contributed by atoms with van der Waals surface area (Å²) in [5, 5.41) is 3.35. The number of thioether (sulfide) groups is 1. The molecule has 4 rings (SSSR count). The molecule has 1 aliphatic heterocycles. The van der Waals surface area contributed by atoms with Crippen LogP contribution in [0.1, 0.15) is 11.4 Å². The minimum Gasteiger partial charge on any atom is -0.497 e. The number of fused-ring (bicyclic) bond motifs is 1. The van der Waals surface area contributed by atoms with Crippen LogP contribution in [0.5, 0.6) is 11.5 Å². The van der Waals surface area contributed by atoms with Crippen molar-refractivity contribution < 1.29 is 14.3 Å². The van der Waals surface area contributed by atoms with Gasteiger partial charge >= 0.3 is 0 Å². The van der Waals surface area contributed by atoms with Gasteiger partial charge in [0.2, 0.25) is 5.91 Å². The third kappa shape index (κ3) is 3.71. The number of imidazole rings is 1. The average Bonchev–Trinajstić information content (AvgIpc) is 3.19.